The zero-order chi connectivity index (χ0) is 26.7. The zero-order valence-electron chi connectivity index (χ0n) is 19.2. The third-order valence-corrected chi connectivity index (χ3v) is 6.91. The molecule has 1 N–H and O–H groups in total. The van der Waals surface area contributed by atoms with Crippen molar-refractivity contribution in [3.8, 4) is 5.69 Å². The van der Waals surface area contributed by atoms with Crippen LogP contribution in [0.25, 0.3) is 16.7 Å². The van der Waals surface area contributed by atoms with E-state index in [0.29, 0.717) is 16.8 Å². The van der Waals surface area contributed by atoms with Gasteiger partial charge in [0.2, 0.25) is 5.43 Å². The number of halogens is 4. The molecule has 192 valence electrons. The molecule has 0 amide bonds. The van der Waals surface area contributed by atoms with E-state index in [1.165, 1.54) is 0 Å². The highest BCUT2D eigenvalue weighted by molar-refractivity contribution is 6.30. The summed E-state index contributed by atoms with van der Waals surface area (Å²) in [5.41, 5.74) is -0.676. The van der Waals surface area contributed by atoms with Gasteiger partial charge in [0.1, 0.15) is 17.2 Å². The van der Waals surface area contributed by atoms with Gasteiger partial charge in [-0.15, -0.1) is 0 Å². The summed E-state index contributed by atoms with van der Waals surface area (Å²) in [5.74, 6) is -4.67. The minimum absolute atomic E-state index is 0.135. The summed E-state index contributed by atoms with van der Waals surface area (Å²) < 4.78 is 44.7. The smallest absolute Gasteiger partial charge is 0.341 e. The molecule has 0 bridgehead atoms. The average Bonchev–Trinajstić information content (AvgIpc) is 3.46. The second-order valence-electron chi connectivity index (χ2n) is 8.95. The Labute approximate surface area is 217 Å². The zero-order valence-corrected chi connectivity index (χ0v) is 20.0. The monoisotopic (exact) mass is 540 g/mol. The topological polar surface area (TPSA) is 97.0 Å². The molecule has 6 rings (SSSR count). The van der Waals surface area contributed by atoms with E-state index in [-0.39, 0.29) is 47.7 Å². The van der Waals surface area contributed by atoms with Crippen LogP contribution in [-0.2, 0) is 4.84 Å². The lowest BCUT2D eigenvalue weighted by atomic mass is 9.95. The van der Waals surface area contributed by atoms with Crippen molar-refractivity contribution in [2.24, 2.45) is 11.1 Å². The number of carboxylic acids is 1. The van der Waals surface area contributed by atoms with Gasteiger partial charge in [-0.3, -0.25) is 9.36 Å². The first-order chi connectivity index (χ1) is 18.2. The summed E-state index contributed by atoms with van der Waals surface area (Å²) >= 11 is 5.98. The fraction of sp³-hybridized carbons (Fsp3) is 0.154. The van der Waals surface area contributed by atoms with Gasteiger partial charge in [-0.05, 0) is 35.9 Å². The molecule has 0 radical (unpaired) electrons. The first-order valence-corrected chi connectivity index (χ1v) is 11.8. The maximum absolute atomic E-state index is 15.4. The van der Waals surface area contributed by atoms with Crippen molar-refractivity contribution in [3.05, 3.63) is 98.6 Å². The molecular formula is C26H16ClF3N4O4. The molecule has 2 aliphatic rings. The number of hydrogen-bond acceptors (Lipinski definition) is 6. The Morgan fingerprint density at radius 2 is 1.82 bits per heavy atom. The van der Waals surface area contributed by atoms with Crippen LogP contribution in [0.5, 0.6) is 0 Å². The van der Waals surface area contributed by atoms with Crippen LogP contribution in [-0.4, -0.2) is 45.5 Å². The van der Waals surface area contributed by atoms with Crippen molar-refractivity contribution in [2.75, 3.05) is 18.0 Å². The Balaban J connectivity index is 1.46. The van der Waals surface area contributed by atoms with Crippen LogP contribution >= 0.6 is 11.6 Å². The van der Waals surface area contributed by atoms with Crippen molar-refractivity contribution in [1.82, 2.24) is 9.55 Å². The van der Waals surface area contributed by atoms with Crippen molar-refractivity contribution >= 4 is 40.1 Å². The first kappa shape index (κ1) is 24.0. The van der Waals surface area contributed by atoms with Gasteiger partial charge in [0, 0.05) is 23.8 Å². The summed E-state index contributed by atoms with van der Waals surface area (Å²) in [4.78, 5) is 36.1. The summed E-state index contributed by atoms with van der Waals surface area (Å²) in [6, 6.07) is 10.6. The number of fused-ring (bicyclic) bond motifs is 2. The Morgan fingerprint density at radius 1 is 1.05 bits per heavy atom. The summed E-state index contributed by atoms with van der Waals surface area (Å²) in [5, 5.41) is 13.9. The molecule has 2 aliphatic heterocycles. The second-order valence-corrected chi connectivity index (χ2v) is 9.38. The van der Waals surface area contributed by atoms with Gasteiger partial charge in [0.25, 0.3) is 0 Å². The molecular weight excluding hydrogens is 525 g/mol. The minimum atomic E-state index is -1.59. The molecule has 38 heavy (non-hydrogen) atoms. The quantitative estimate of drug-likeness (QED) is 0.412. The Morgan fingerprint density at radius 3 is 2.53 bits per heavy atom. The van der Waals surface area contributed by atoms with Crippen LogP contribution < -0.4 is 10.3 Å². The molecule has 0 saturated carbocycles. The van der Waals surface area contributed by atoms with E-state index in [9.17, 15) is 23.5 Å². The lowest BCUT2D eigenvalue weighted by Crippen LogP contribution is -2.26. The van der Waals surface area contributed by atoms with Gasteiger partial charge >= 0.3 is 5.97 Å². The first-order valence-electron chi connectivity index (χ1n) is 11.4. The number of carboxylic acid groups (broad SMARTS) is 1. The number of hydrogen-bond donors (Lipinski definition) is 1. The molecule has 0 aliphatic carbocycles. The Hall–Kier alpha value is -4.38. The molecule has 4 aromatic rings. The van der Waals surface area contributed by atoms with Crippen molar-refractivity contribution in [1.29, 1.82) is 0 Å². The van der Waals surface area contributed by atoms with Crippen LogP contribution in [0.15, 0.2) is 64.7 Å². The van der Waals surface area contributed by atoms with Crippen LogP contribution in [0.1, 0.15) is 15.9 Å². The van der Waals surface area contributed by atoms with E-state index in [1.54, 1.807) is 29.2 Å². The van der Waals surface area contributed by atoms with Crippen LogP contribution in [0.4, 0.5) is 19.0 Å². The number of aromatic carboxylic acids is 1. The lowest BCUT2D eigenvalue weighted by molar-refractivity contribution is 0.0695. The van der Waals surface area contributed by atoms with E-state index in [2.05, 4.69) is 10.1 Å². The lowest BCUT2D eigenvalue weighted by Gasteiger charge is -2.20. The Kier molecular flexibility index (Phi) is 5.60. The van der Waals surface area contributed by atoms with Crippen LogP contribution in [0, 0.1) is 23.4 Å². The van der Waals surface area contributed by atoms with E-state index in [4.69, 9.17) is 16.4 Å². The highest BCUT2D eigenvalue weighted by Crippen LogP contribution is 2.34. The number of rotatable bonds is 4. The molecule has 8 nitrogen and oxygen atoms in total. The summed E-state index contributed by atoms with van der Waals surface area (Å²) in [6.45, 7) is 0.507. The molecule has 1 fully saturated rings. The number of benzene rings is 2. The third-order valence-electron chi connectivity index (χ3n) is 6.66. The fourth-order valence-electron chi connectivity index (χ4n) is 4.84. The van der Waals surface area contributed by atoms with Crippen LogP contribution in [0.3, 0.4) is 0 Å². The minimum Gasteiger partial charge on any atom is -0.477 e. The van der Waals surface area contributed by atoms with Gasteiger partial charge in [-0.25, -0.2) is 22.9 Å². The molecule has 2 aromatic carbocycles. The van der Waals surface area contributed by atoms with Gasteiger partial charge in [0.05, 0.1) is 29.2 Å². The number of pyridine rings is 2. The maximum atomic E-state index is 15.4. The number of carbonyl (C=O) groups is 1. The van der Waals surface area contributed by atoms with Crippen molar-refractivity contribution in [2.45, 2.75) is 6.10 Å². The van der Waals surface area contributed by atoms with E-state index in [1.807, 2.05) is 0 Å². The summed E-state index contributed by atoms with van der Waals surface area (Å²) in [7, 11) is 0. The number of anilines is 1. The Bertz CT molecular complexity index is 1720. The molecule has 1 saturated heterocycles. The maximum Gasteiger partial charge on any atom is 0.341 e. The van der Waals surface area contributed by atoms with Gasteiger partial charge in [-0.1, -0.05) is 28.9 Å². The summed E-state index contributed by atoms with van der Waals surface area (Å²) in [6.07, 6.45) is 0.509. The largest absolute Gasteiger partial charge is 0.477 e. The average molecular weight is 541 g/mol. The predicted molar refractivity (Wildman–Crippen MR) is 133 cm³/mol. The highest BCUT2D eigenvalue weighted by atomic mass is 35.5. The number of oxime groups is 1. The van der Waals surface area contributed by atoms with E-state index < -0.39 is 34.4 Å². The van der Waals surface area contributed by atoms with Gasteiger partial charge < -0.3 is 14.8 Å². The third kappa shape index (κ3) is 3.86. The van der Waals surface area contributed by atoms with E-state index >= 15 is 4.39 Å². The van der Waals surface area contributed by atoms with Gasteiger partial charge in [0.15, 0.2) is 23.4 Å². The standard InChI is InChI=1S/C26H16ClF3N4O4/c27-13-3-1-12(2-4-13)22-16-9-33(11-21(16)38-32-22)25-19(30)8-15-23(35)17(26(36)37)10-34(24(15)31-25)20-6-5-14(28)7-18(20)29/h1-8,10,16,21H,9,11H2,(H,36,37). The second kappa shape index (κ2) is 8.88. The van der Waals surface area contributed by atoms with Gasteiger partial charge in [-0.2, -0.15) is 0 Å². The van der Waals surface area contributed by atoms with Crippen LogP contribution in [0.2, 0.25) is 5.02 Å². The highest BCUT2D eigenvalue weighted by Gasteiger charge is 2.44. The molecule has 2 unspecified atom stereocenters. The normalized spacial score (nSPS) is 18.4. The van der Waals surface area contributed by atoms with Crippen molar-refractivity contribution < 1.29 is 27.9 Å². The SMILES string of the molecule is O=C(O)c1cn(-c2ccc(F)cc2F)c2nc(N3CC4ON=C(c5ccc(Cl)cc5)C4C3)c(F)cc2c1=O. The number of aromatic nitrogens is 2. The predicted octanol–water partition coefficient (Wildman–Crippen LogP) is 4.39. The molecule has 2 atom stereocenters. The fourth-order valence-corrected chi connectivity index (χ4v) is 4.97. The number of nitrogens with zero attached hydrogens (tertiary/aromatic N) is 4. The van der Waals surface area contributed by atoms with Crippen molar-refractivity contribution in [3.63, 3.8) is 0 Å². The molecule has 12 heteroatoms. The molecule has 4 heterocycles. The molecule has 0 spiro atoms. The molecule has 2 aromatic heterocycles. The van der Waals surface area contributed by atoms with E-state index in [0.717, 1.165) is 34.5 Å².